The van der Waals surface area contributed by atoms with Crippen LogP contribution in [0.3, 0.4) is 0 Å². The number of hydrogen-bond donors (Lipinski definition) is 0. The zero-order valence-electron chi connectivity index (χ0n) is 11.6. The van der Waals surface area contributed by atoms with Crippen molar-refractivity contribution in [2.24, 2.45) is 0 Å². The summed E-state index contributed by atoms with van der Waals surface area (Å²) in [6, 6.07) is 11.5. The lowest BCUT2D eigenvalue weighted by atomic mass is 9.95. The lowest BCUT2D eigenvalue weighted by Crippen LogP contribution is -2.02. The summed E-state index contributed by atoms with van der Waals surface area (Å²) in [5, 5.41) is 0. The van der Waals surface area contributed by atoms with E-state index in [4.69, 9.17) is 0 Å². The highest BCUT2D eigenvalue weighted by atomic mass is 79.9. The van der Waals surface area contributed by atoms with Crippen LogP contribution in [0.2, 0.25) is 0 Å². The van der Waals surface area contributed by atoms with Crippen molar-refractivity contribution in [3.05, 3.63) is 68.9 Å². The van der Waals surface area contributed by atoms with Crippen LogP contribution in [-0.4, -0.2) is 0 Å². The standard InChI is InChI=1S/C17H17Br2F/c1-3-11-5-6-12(4-2)14(9-11)17(19)15-10-13(18)7-8-16(15)20/h5-10,17H,3-4H2,1-2H3. The van der Waals surface area contributed by atoms with Crippen molar-refractivity contribution < 1.29 is 4.39 Å². The fourth-order valence-electron chi connectivity index (χ4n) is 2.30. The summed E-state index contributed by atoms with van der Waals surface area (Å²) in [4.78, 5) is -0.124. The number of hydrogen-bond acceptors (Lipinski definition) is 0. The molecule has 0 fully saturated rings. The summed E-state index contributed by atoms with van der Waals surface area (Å²) in [6.45, 7) is 4.26. The third kappa shape index (κ3) is 3.32. The Morgan fingerprint density at radius 2 is 1.75 bits per heavy atom. The highest BCUT2D eigenvalue weighted by molar-refractivity contribution is 9.10. The minimum Gasteiger partial charge on any atom is -0.207 e. The molecule has 106 valence electrons. The molecule has 1 unspecified atom stereocenters. The van der Waals surface area contributed by atoms with Crippen LogP contribution in [0, 0.1) is 5.82 Å². The van der Waals surface area contributed by atoms with Crippen LogP contribution in [0.15, 0.2) is 40.9 Å². The van der Waals surface area contributed by atoms with Gasteiger partial charge in [0.15, 0.2) is 0 Å². The van der Waals surface area contributed by atoms with Crippen molar-refractivity contribution in [3.8, 4) is 0 Å². The SMILES string of the molecule is CCc1ccc(CC)c(C(Br)c2cc(Br)ccc2F)c1. The Labute approximate surface area is 136 Å². The Kier molecular flexibility index (Phi) is 5.39. The summed E-state index contributed by atoms with van der Waals surface area (Å²) < 4.78 is 15.0. The third-order valence-electron chi connectivity index (χ3n) is 3.50. The summed E-state index contributed by atoms with van der Waals surface area (Å²) in [7, 11) is 0. The van der Waals surface area contributed by atoms with Gasteiger partial charge in [0.05, 0.1) is 4.83 Å². The second kappa shape index (κ2) is 6.86. The largest absolute Gasteiger partial charge is 0.207 e. The van der Waals surface area contributed by atoms with E-state index in [9.17, 15) is 4.39 Å². The highest BCUT2D eigenvalue weighted by Crippen LogP contribution is 2.36. The number of aryl methyl sites for hydroxylation is 2. The zero-order chi connectivity index (χ0) is 14.7. The molecule has 3 heteroatoms. The second-order valence-electron chi connectivity index (χ2n) is 4.77. The Bertz CT molecular complexity index is 608. The number of alkyl halides is 1. The van der Waals surface area contributed by atoms with Gasteiger partial charge in [0, 0.05) is 10.0 Å². The Morgan fingerprint density at radius 3 is 2.40 bits per heavy atom. The molecule has 0 bridgehead atoms. The van der Waals surface area contributed by atoms with Gasteiger partial charge in [0.25, 0.3) is 0 Å². The molecular formula is C17H17Br2F. The van der Waals surface area contributed by atoms with Crippen LogP contribution >= 0.6 is 31.9 Å². The van der Waals surface area contributed by atoms with Gasteiger partial charge in [0.2, 0.25) is 0 Å². The minimum atomic E-state index is -0.181. The van der Waals surface area contributed by atoms with Gasteiger partial charge in [0.1, 0.15) is 5.82 Å². The lowest BCUT2D eigenvalue weighted by Gasteiger charge is -2.17. The molecule has 2 aromatic carbocycles. The first-order valence-corrected chi connectivity index (χ1v) is 8.48. The van der Waals surface area contributed by atoms with E-state index in [-0.39, 0.29) is 10.6 Å². The van der Waals surface area contributed by atoms with Gasteiger partial charge in [-0.3, -0.25) is 0 Å². The predicted octanol–water partition coefficient (Wildman–Crippen LogP) is 6.20. The van der Waals surface area contributed by atoms with Gasteiger partial charge >= 0.3 is 0 Å². The summed E-state index contributed by atoms with van der Waals surface area (Å²) in [5.74, 6) is -0.181. The molecule has 0 saturated heterocycles. The fourth-order valence-corrected chi connectivity index (χ4v) is 3.45. The molecule has 0 aromatic heterocycles. The van der Waals surface area contributed by atoms with Gasteiger partial charge in [-0.2, -0.15) is 0 Å². The van der Waals surface area contributed by atoms with Crippen molar-refractivity contribution in [2.45, 2.75) is 31.5 Å². The van der Waals surface area contributed by atoms with Gasteiger partial charge in [-0.05, 0) is 47.7 Å². The topological polar surface area (TPSA) is 0 Å². The molecule has 0 aliphatic rings. The van der Waals surface area contributed by atoms with Gasteiger partial charge in [-0.15, -0.1) is 0 Å². The average Bonchev–Trinajstić information content (AvgIpc) is 2.48. The van der Waals surface area contributed by atoms with Gasteiger partial charge in [-0.25, -0.2) is 4.39 Å². The molecule has 0 radical (unpaired) electrons. The quantitative estimate of drug-likeness (QED) is 0.537. The van der Waals surface area contributed by atoms with Crippen LogP contribution in [0.4, 0.5) is 4.39 Å². The van der Waals surface area contributed by atoms with E-state index in [2.05, 4.69) is 63.9 Å². The molecule has 0 aliphatic heterocycles. The highest BCUT2D eigenvalue weighted by Gasteiger charge is 2.18. The maximum atomic E-state index is 14.1. The summed E-state index contributed by atoms with van der Waals surface area (Å²) >= 11 is 7.09. The molecule has 2 aromatic rings. The monoisotopic (exact) mass is 398 g/mol. The lowest BCUT2D eigenvalue weighted by molar-refractivity contribution is 0.613. The predicted molar refractivity (Wildman–Crippen MR) is 90.1 cm³/mol. The maximum absolute atomic E-state index is 14.1. The van der Waals surface area contributed by atoms with E-state index >= 15 is 0 Å². The number of rotatable bonds is 4. The van der Waals surface area contributed by atoms with Gasteiger partial charge in [-0.1, -0.05) is 63.9 Å². The van der Waals surface area contributed by atoms with Crippen LogP contribution in [0.25, 0.3) is 0 Å². The van der Waals surface area contributed by atoms with Crippen molar-refractivity contribution in [1.29, 1.82) is 0 Å². The van der Waals surface area contributed by atoms with E-state index in [1.54, 1.807) is 6.07 Å². The molecule has 0 spiro atoms. The van der Waals surface area contributed by atoms with E-state index in [1.807, 2.05) is 6.07 Å². The van der Waals surface area contributed by atoms with Crippen molar-refractivity contribution in [1.82, 2.24) is 0 Å². The molecule has 0 amide bonds. The first-order valence-electron chi connectivity index (χ1n) is 6.77. The zero-order valence-corrected chi connectivity index (χ0v) is 14.8. The summed E-state index contributed by atoms with van der Waals surface area (Å²) in [6.07, 6.45) is 1.93. The first-order chi connectivity index (χ1) is 9.56. The molecule has 0 saturated carbocycles. The van der Waals surface area contributed by atoms with E-state index in [0.29, 0.717) is 5.56 Å². The molecular weight excluding hydrogens is 383 g/mol. The van der Waals surface area contributed by atoms with E-state index < -0.39 is 0 Å². The Morgan fingerprint density at radius 1 is 1.00 bits per heavy atom. The van der Waals surface area contributed by atoms with Crippen LogP contribution < -0.4 is 0 Å². The van der Waals surface area contributed by atoms with Crippen molar-refractivity contribution in [3.63, 3.8) is 0 Å². The Balaban J connectivity index is 2.51. The van der Waals surface area contributed by atoms with Crippen LogP contribution in [0.1, 0.15) is 40.9 Å². The van der Waals surface area contributed by atoms with E-state index in [0.717, 1.165) is 22.9 Å². The molecule has 0 heterocycles. The smallest absolute Gasteiger partial charge is 0.127 e. The fraction of sp³-hybridized carbons (Fsp3) is 0.294. The van der Waals surface area contributed by atoms with Gasteiger partial charge < -0.3 is 0 Å². The second-order valence-corrected chi connectivity index (χ2v) is 6.60. The molecule has 0 aliphatic carbocycles. The number of halogens is 3. The van der Waals surface area contributed by atoms with Crippen LogP contribution in [-0.2, 0) is 12.8 Å². The minimum absolute atomic E-state index is 0.124. The molecule has 20 heavy (non-hydrogen) atoms. The summed E-state index contributed by atoms with van der Waals surface area (Å²) in [5.41, 5.74) is 4.35. The molecule has 2 rings (SSSR count). The third-order valence-corrected chi connectivity index (χ3v) is 4.98. The first kappa shape index (κ1) is 15.7. The molecule has 0 N–H and O–H groups in total. The Hall–Kier alpha value is -0.670. The van der Waals surface area contributed by atoms with E-state index in [1.165, 1.54) is 17.2 Å². The van der Waals surface area contributed by atoms with Crippen LogP contribution in [0.5, 0.6) is 0 Å². The molecule has 0 nitrogen and oxygen atoms in total. The van der Waals surface area contributed by atoms with Crippen molar-refractivity contribution in [2.75, 3.05) is 0 Å². The normalized spacial score (nSPS) is 12.4. The molecule has 1 atom stereocenters. The maximum Gasteiger partial charge on any atom is 0.127 e. The van der Waals surface area contributed by atoms with Crippen molar-refractivity contribution >= 4 is 31.9 Å². The average molecular weight is 400 g/mol. The number of benzene rings is 2.